The van der Waals surface area contributed by atoms with E-state index in [0.29, 0.717) is 11.6 Å². The van der Waals surface area contributed by atoms with Gasteiger partial charge in [-0.05, 0) is 18.6 Å². The lowest BCUT2D eigenvalue weighted by atomic mass is 10.2. The maximum atomic E-state index is 13.3. The second-order valence-corrected chi connectivity index (χ2v) is 3.66. The average molecular weight is 254 g/mol. The van der Waals surface area contributed by atoms with E-state index >= 15 is 0 Å². The molecule has 0 atom stereocenters. The summed E-state index contributed by atoms with van der Waals surface area (Å²) in [5.74, 6) is -3.42. The van der Waals surface area contributed by atoms with E-state index < -0.39 is 29.1 Å². The number of ether oxygens (including phenoxy) is 1. The molecule has 0 fully saturated rings. The van der Waals surface area contributed by atoms with Crippen LogP contribution < -0.4 is 10.5 Å². The molecule has 0 radical (unpaired) electrons. The molecule has 0 aliphatic carbocycles. The molecule has 1 heterocycles. The number of pyridine rings is 1. The van der Waals surface area contributed by atoms with Gasteiger partial charge in [-0.3, -0.25) is 0 Å². The number of aromatic nitrogens is 1. The van der Waals surface area contributed by atoms with Crippen LogP contribution in [0.15, 0.2) is 24.3 Å². The third-order valence-electron chi connectivity index (χ3n) is 2.28. The second kappa shape index (κ2) is 4.56. The Hall–Kier alpha value is -2.24. The number of halogens is 3. The van der Waals surface area contributed by atoms with Crippen LogP contribution in [0.25, 0.3) is 0 Å². The predicted molar refractivity (Wildman–Crippen MR) is 59.8 cm³/mol. The van der Waals surface area contributed by atoms with Gasteiger partial charge in [0.15, 0.2) is 17.5 Å². The SMILES string of the molecule is Cc1ccc(Oc2nc(N)c(F)cc2F)cc1F. The number of anilines is 1. The fourth-order valence-electron chi connectivity index (χ4n) is 1.28. The molecule has 0 unspecified atom stereocenters. The van der Waals surface area contributed by atoms with Crippen LogP contribution in [0.5, 0.6) is 11.6 Å². The largest absolute Gasteiger partial charge is 0.436 e. The van der Waals surface area contributed by atoms with Crippen molar-refractivity contribution in [2.45, 2.75) is 6.92 Å². The van der Waals surface area contributed by atoms with Crippen molar-refractivity contribution in [1.29, 1.82) is 0 Å². The fourth-order valence-corrected chi connectivity index (χ4v) is 1.28. The maximum absolute atomic E-state index is 13.3. The zero-order valence-electron chi connectivity index (χ0n) is 9.38. The lowest BCUT2D eigenvalue weighted by Crippen LogP contribution is -2.00. The standard InChI is InChI=1S/C12H9F3N2O/c1-6-2-3-7(4-8(6)13)18-12-10(15)5-9(14)11(16)17-12/h2-5H,1H3,(H2,16,17). The predicted octanol–water partition coefficient (Wildman–Crippen LogP) is 3.18. The molecule has 6 heteroatoms. The van der Waals surface area contributed by atoms with Gasteiger partial charge in [-0.15, -0.1) is 0 Å². The molecule has 1 aromatic carbocycles. The second-order valence-electron chi connectivity index (χ2n) is 3.66. The summed E-state index contributed by atoms with van der Waals surface area (Å²) in [6.45, 7) is 1.58. The van der Waals surface area contributed by atoms with Gasteiger partial charge in [-0.25, -0.2) is 13.2 Å². The highest BCUT2D eigenvalue weighted by Gasteiger charge is 2.12. The summed E-state index contributed by atoms with van der Waals surface area (Å²) in [6, 6.07) is 4.55. The van der Waals surface area contributed by atoms with Crippen molar-refractivity contribution < 1.29 is 17.9 Å². The molecule has 0 aliphatic heterocycles. The molecule has 2 aromatic rings. The molecule has 0 amide bonds. The minimum absolute atomic E-state index is 0.0514. The topological polar surface area (TPSA) is 48.1 Å². The van der Waals surface area contributed by atoms with Crippen molar-refractivity contribution in [3.05, 3.63) is 47.3 Å². The average Bonchev–Trinajstić information content (AvgIpc) is 2.31. The Balaban J connectivity index is 2.34. The first-order chi connectivity index (χ1) is 8.47. The smallest absolute Gasteiger partial charge is 0.258 e. The van der Waals surface area contributed by atoms with E-state index in [9.17, 15) is 13.2 Å². The maximum Gasteiger partial charge on any atom is 0.258 e. The number of nitrogen functional groups attached to an aromatic ring is 1. The molecule has 0 saturated carbocycles. The summed E-state index contributed by atoms with van der Waals surface area (Å²) < 4.78 is 44.4. The van der Waals surface area contributed by atoms with Crippen molar-refractivity contribution in [2.75, 3.05) is 5.73 Å². The van der Waals surface area contributed by atoms with Crippen LogP contribution in [-0.2, 0) is 0 Å². The molecular formula is C12H9F3N2O. The van der Waals surface area contributed by atoms with E-state index in [1.54, 1.807) is 6.92 Å². The first-order valence-corrected chi connectivity index (χ1v) is 5.03. The van der Waals surface area contributed by atoms with Crippen molar-refractivity contribution >= 4 is 5.82 Å². The van der Waals surface area contributed by atoms with Crippen LogP contribution in [-0.4, -0.2) is 4.98 Å². The van der Waals surface area contributed by atoms with Crippen LogP contribution in [0.2, 0.25) is 0 Å². The first-order valence-electron chi connectivity index (χ1n) is 5.03. The van der Waals surface area contributed by atoms with Crippen LogP contribution >= 0.6 is 0 Å². The van der Waals surface area contributed by atoms with Gasteiger partial charge in [0.2, 0.25) is 0 Å². The van der Waals surface area contributed by atoms with Gasteiger partial charge in [0.05, 0.1) is 0 Å². The lowest BCUT2D eigenvalue weighted by Gasteiger charge is -2.07. The summed E-state index contributed by atoms with van der Waals surface area (Å²) in [5.41, 5.74) is 5.62. The van der Waals surface area contributed by atoms with Crippen LogP contribution in [0, 0.1) is 24.4 Å². The van der Waals surface area contributed by atoms with Crippen LogP contribution in [0.3, 0.4) is 0 Å². The third kappa shape index (κ3) is 2.37. The van der Waals surface area contributed by atoms with E-state index in [1.165, 1.54) is 12.1 Å². The molecule has 0 spiro atoms. The van der Waals surface area contributed by atoms with Crippen molar-refractivity contribution in [1.82, 2.24) is 4.98 Å². The monoisotopic (exact) mass is 254 g/mol. The minimum atomic E-state index is -1.01. The summed E-state index contributed by atoms with van der Waals surface area (Å²) in [7, 11) is 0. The zero-order chi connectivity index (χ0) is 13.3. The van der Waals surface area contributed by atoms with Gasteiger partial charge in [0.25, 0.3) is 5.88 Å². The molecule has 1 aromatic heterocycles. The fraction of sp³-hybridized carbons (Fsp3) is 0.0833. The van der Waals surface area contributed by atoms with Crippen molar-refractivity contribution in [3.63, 3.8) is 0 Å². The highest BCUT2D eigenvalue weighted by Crippen LogP contribution is 2.25. The number of aryl methyl sites for hydroxylation is 1. The number of rotatable bonds is 2. The Morgan fingerprint density at radius 3 is 2.44 bits per heavy atom. The van der Waals surface area contributed by atoms with Crippen LogP contribution in [0.4, 0.5) is 19.0 Å². The molecule has 94 valence electrons. The highest BCUT2D eigenvalue weighted by atomic mass is 19.1. The van der Waals surface area contributed by atoms with E-state index in [0.717, 1.165) is 6.07 Å². The summed E-state index contributed by atoms with van der Waals surface area (Å²) in [5, 5.41) is 0. The van der Waals surface area contributed by atoms with E-state index in [4.69, 9.17) is 10.5 Å². The highest BCUT2D eigenvalue weighted by molar-refractivity contribution is 5.37. The summed E-state index contributed by atoms with van der Waals surface area (Å²) in [4.78, 5) is 3.40. The summed E-state index contributed by atoms with van der Waals surface area (Å²) in [6.07, 6.45) is 0. The molecular weight excluding hydrogens is 245 g/mol. The van der Waals surface area contributed by atoms with Gasteiger partial charge in [0.1, 0.15) is 11.6 Å². The molecule has 0 bridgehead atoms. The molecule has 3 nitrogen and oxygen atoms in total. The van der Waals surface area contributed by atoms with Gasteiger partial charge in [-0.1, -0.05) is 6.07 Å². The zero-order valence-corrected chi connectivity index (χ0v) is 9.38. The molecule has 0 aliphatic rings. The van der Waals surface area contributed by atoms with Crippen molar-refractivity contribution in [2.24, 2.45) is 0 Å². The molecule has 0 saturated heterocycles. The van der Waals surface area contributed by atoms with E-state index in [-0.39, 0.29) is 5.75 Å². The normalized spacial score (nSPS) is 10.4. The van der Waals surface area contributed by atoms with Gasteiger partial charge in [0, 0.05) is 12.1 Å². The third-order valence-corrected chi connectivity index (χ3v) is 2.28. The number of nitrogens with zero attached hydrogens (tertiary/aromatic N) is 1. The number of hydrogen-bond acceptors (Lipinski definition) is 3. The quantitative estimate of drug-likeness (QED) is 0.895. The first kappa shape index (κ1) is 12.2. The minimum Gasteiger partial charge on any atom is -0.436 e. The number of benzene rings is 1. The number of hydrogen-bond donors (Lipinski definition) is 1. The van der Waals surface area contributed by atoms with Gasteiger partial charge in [-0.2, -0.15) is 4.98 Å². The van der Waals surface area contributed by atoms with Gasteiger partial charge < -0.3 is 10.5 Å². The Kier molecular flexibility index (Phi) is 3.10. The van der Waals surface area contributed by atoms with Gasteiger partial charge >= 0.3 is 0 Å². The van der Waals surface area contributed by atoms with Crippen molar-refractivity contribution in [3.8, 4) is 11.6 Å². The Bertz CT molecular complexity index is 602. The summed E-state index contributed by atoms with van der Waals surface area (Å²) >= 11 is 0. The Labute approximate surface area is 101 Å². The Morgan fingerprint density at radius 1 is 1.06 bits per heavy atom. The lowest BCUT2D eigenvalue weighted by molar-refractivity contribution is 0.415. The molecule has 2 N–H and O–H groups in total. The van der Waals surface area contributed by atoms with E-state index in [2.05, 4.69) is 4.98 Å². The van der Waals surface area contributed by atoms with E-state index in [1.807, 2.05) is 0 Å². The molecule has 2 rings (SSSR count). The number of nitrogens with two attached hydrogens (primary N) is 1. The van der Waals surface area contributed by atoms with Crippen LogP contribution in [0.1, 0.15) is 5.56 Å². The Morgan fingerprint density at radius 2 is 1.78 bits per heavy atom. The molecule has 18 heavy (non-hydrogen) atoms.